The average molecular weight is 477 g/mol. The highest BCUT2D eigenvalue weighted by molar-refractivity contribution is 7.22. The number of nitrogens with zero attached hydrogens (tertiary/aromatic N) is 6. The number of aliphatic imine (C=N–C) groups is 1. The molecule has 1 saturated heterocycles. The van der Waals surface area contributed by atoms with Crippen molar-refractivity contribution in [3.05, 3.63) is 29.7 Å². The van der Waals surface area contributed by atoms with Crippen LogP contribution in [0.3, 0.4) is 0 Å². The largest absolute Gasteiger partial charge is 0.356 e. The van der Waals surface area contributed by atoms with Gasteiger partial charge in [-0.1, -0.05) is 26.3 Å². The van der Waals surface area contributed by atoms with Crippen molar-refractivity contribution in [2.24, 2.45) is 16.8 Å². The lowest BCUT2D eigenvalue weighted by Gasteiger charge is -2.20. The SMILES string of the molecule is Cc1c(-c2ccn(C(C)C)n2)sc2nc(C3=CCCC=N3)nc(N3CCC(CCC(C)C)C3)c12. The lowest BCUT2D eigenvalue weighted by atomic mass is 9.97. The molecule has 0 aliphatic carbocycles. The Kier molecular flexibility index (Phi) is 6.56. The van der Waals surface area contributed by atoms with Gasteiger partial charge in [0.25, 0.3) is 0 Å². The molecule has 6 nitrogen and oxygen atoms in total. The van der Waals surface area contributed by atoms with Gasteiger partial charge in [-0.25, -0.2) is 9.97 Å². The zero-order valence-electron chi connectivity index (χ0n) is 21.1. The maximum absolute atomic E-state index is 5.15. The quantitative estimate of drug-likeness (QED) is 0.372. The number of hydrogen-bond donors (Lipinski definition) is 0. The molecule has 0 amide bonds. The molecule has 0 bridgehead atoms. The number of allylic oxidation sites excluding steroid dienone is 1. The molecule has 1 unspecified atom stereocenters. The van der Waals surface area contributed by atoms with Crippen LogP contribution in [0.5, 0.6) is 0 Å². The van der Waals surface area contributed by atoms with Crippen molar-refractivity contribution in [3.63, 3.8) is 0 Å². The van der Waals surface area contributed by atoms with E-state index in [0.717, 1.165) is 65.6 Å². The molecule has 180 valence electrons. The van der Waals surface area contributed by atoms with Crippen LogP contribution in [0, 0.1) is 18.8 Å². The summed E-state index contributed by atoms with van der Waals surface area (Å²) < 4.78 is 2.03. The normalized spacial score (nSPS) is 18.6. The van der Waals surface area contributed by atoms with E-state index in [9.17, 15) is 0 Å². The summed E-state index contributed by atoms with van der Waals surface area (Å²) in [5, 5.41) is 6.05. The van der Waals surface area contributed by atoms with Crippen LogP contribution < -0.4 is 4.90 Å². The maximum atomic E-state index is 5.15. The molecule has 34 heavy (non-hydrogen) atoms. The van der Waals surface area contributed by atoms with E-state index in [4.69, 9.17) is 15.1 Å². The highest BCUT2D eigenvalue weighted by atomic mass is 32.1. The minimum absolute atomic E-state index is 0.342. The Hall–Kier alpha value is -2.54. The van der Waals surface area contributed by atoms with Crippen molar-refractivity contribution < 1.29 is 0 Å². The van der Waals surface area contributed by atoms with Crippen molar-refractivity contribution in [2.45, 2.75) is 72.8 Å². The molecule has 0 aromatic carbocycles. The van der Waals surface area contributed by atoms with Crippen LogP contribution in [0.1, 0.15) is 77.2 Å². The zero-order chi connectivity index (χ0) is 23.8. The van der Waals surface area contributed by atoms with E-state index in [1.165, 1.54) is 35.1 Å². The van der Waals surface area contributed by atoms with E-state index >= 15 is 0 Å². The van der Waals surface area contributed by atoms with Crippen LogP contribution in [0.4, 0.5) is 5.82 Å². The molecule has 0 saturated carbocycles. The first kappa shape index (κ1) is 23.2. The lowest BCUT2D eigenvalue weighted by molar-refractivity contribution is 0.452. The predicted molar refractivity (Wildman–Crippen MR) is 144 cm³/mol. The highest BCUT2D eigenvalue weighted by Crippen LogP contribution is 2.42. The van der Waals surface area contributed by atoms with Crippen LogP contribution >= 0.6 is 11.3 Å². The number of thiophene rings is 1. The average Bonchev–Trinajstić information content (AvgIpc) is 3.57. The van der Waals surface area contributed by atoms with Crippen molar-refractivity contribution >= 4 is 39.3 Å². The van der Waals surface area contributed by atoms with E-state index < -0.39 is 0 Å². The summed E-state index contributed by atoms with van der Waals surface area (Å²) in [5.41, 5.74) is 3.16. The molecule has 0 radical (unpaired) electrons. The van der Waals surface area contributed by atoms with E-state index in [1.807, 2.05) is 10.9 Å². The summed E-state index contributed by atoms with van der Waals surface area (Å²) in [6.45, 7) is 13.3. The Balaban J connectivity index is 1.58. The summed E-state index contributed by atoms with van der Waals surface area (Å²) in [5.74, 6) is 3.33. The van der Waals surface area contributed by atoms with Gasteiger partial charge in [0, 0.05) is 31.5 Å². The first-order valence-electron chi connectivity index (χ1n) is 12.8. The van der Waals surface area contributed by atoms with Crippen LogP contribution in [0.25, 0.3) is 26.5 Å². The van der Waals surface area contributed by atoms with Crippen molar-refractivity contribution in [1.82, 2.24) is 19.7 Å². The van der Waals surface area contributed by atoms with E-state index in [1.54, 1.807) is 11.3 Å². The fraction of sp³-hybridized carbons (Fsp3) is 0.556. The van der Waals surface area contributed by atoms with Crippen molar-refractivity contribution in [1.29, 1.82) is 0 Å². The monoisotopic (exact) mass is 476 g/mol. The maximum Gasteiger partial charge on any atom is 0.181 e. The fourth-order valence-corrected chi connectivity index (χ4v) is 6.08. The standard InChI is InChI=1S/C27H36N6S/c1-17(2)9-10-20-11-14-32(16-20)26-23-19(5)24(21-12-15-33(31-21)18(3)4)34-27(23)30-25(29-26)22-8-6-7-13-28-22/h8,12-13,15,17-18,20H,6-7,9-11,14,16H2,1-5H3. The van der Waals surface area contributed by atoms with Gasteiger partial charge in [-0.05, 0) is 69.9 Å². The first-order chi connectivity index (χ1) is 16.4. The van der Waals surface area contributed by atoms with Gasteiger partial charge in [-0.15, -0.1) is 11.3 Å². The van der Waals surface area contributed by atoms with Gasteiger partial charge < -0.3 is 4.90 Å². The summed E-state index contributed by atoms with van der Waals surface area (Å²) in [4.78, 5) is 19.5. The molecule has 3 aromatic heterocycles. The summed E-state index contributed by atoms with van der Waals surface area (Å²) >= 11 is 1.74. The van der Waals surface area contributed by atoms with E-state index in [2.05, 4.69) is 62.9 Å². The second-order valence-electron chi connectivity index (χ2n) is 10.4. The van der Waals surface area contributed by atoms with Crippen molar-refractivity contribution in [3.8, 4) is 10.6 Å². The third-order valence-electron chi connectivity index (χ3n) is 6.97. The van der Waals surface area contributed by atoms with Crippen LogP contribution in [-0.2, 0) is 0 Å². The minimum Gasteiger partial charge on any atom is -0.356 e. The molecule has 3 aromatic rings. The Morgan fingerprint density at radius 2 is 2.00 bits per heavy atom. The number of fused-ring (bicyclic) bond motifs is 1. The molecule has 2 aliphatic rings. The van der Waals surface area contributed by atoms with Gasteiger partial charge in [0.2, 0.25) is 0 Å². The Morgan fingerprint density at radius 3 is 2.71 bits per heavy atom. The highest BCUT2D eigenvalue weighted by Gasteiger charge is 2.28. The second-order valence-corrected chi connectivity index (χ2v) is 11.4. The molecular formula is C27H36N6S. The Morgan fingerprint density at radius 1 is 1.15 bits per heavy atom. The first-order valence-corrected chi connectivity index (χ1v) is 13.6. The third kappa shape index (κ3) is 4.54. The summed E-state index contributed by atoms with van der Waals surface area (Å²) in [6, 6.07) is 2.46. The number of aryl methyl sites for hydroxylation is 1. The molecule has 5 heterocycles. The van der Waals surface area contributed by atoms with Gasteiger partial charge in [0.15, 0.2) is 5.82 Å². The number of aromatic nitrogens is 4. The molecule has 1 fully saturated rings. The van der Waals surface area contributed by atoms with Crippen LogP contribution in [0.15, 0.2) is 23.3 Å². The summed E-state index contributed by atoms with van der Waals surface area (Å²) in [7, 11) is 0. The van der Waals surface area contributed by atoms with Gasteiger partial charge >= 0.3 is 0 Å². The predicted octanol–water partition coefficient (Wildman–Crippen LogP) is 6.91. The van der Waals surface area contributed by atoms with Gasteiger partial charge in [-0.2, -0.15) is 5.10 Å². The number of anilines is 1. The van der Waals surface area contributed by atoms with Crippen LogP contribution in [-0.4, -0.2) is 39.1 Å². The van der Waals surface area contributed by atoms with Gasteiger partial charge in [0.1, 0.15) is 22.0 Å². The van der Waals surface area contributed by atoms with Gasteiger partial charge in [0.05, 0.1) is 10.3 Å². The molecular weight excluding hydrogens is 440 g/mol. The molecule has 7 heteroatoms. The topological polar surface area (TPSA) is 59.2 Å². The number of rotatable bonds is 7. The lowest BCUT2D eigenvalue weighted by Crippen LogP contribution is -2.22. The van der Waals surface area contributed by atoms with Crippen molar-refractivity contribution in [2.75, 3.05) is 18.0 Å². The second kappa shape index (κ2) is 9.61. The third-order valence-corrected chi connectivity index (χ3v) is 8.18. The van der Waals surface area contributed by atoms with E-state index in [-0.39, 0.29) is 0 Å². The van der Waals surface area contributed by atoms with Gasteiger partial charge in [-0.3, -0.25) is 9.67 Å². The summed E-state index contributed by atoms with van der Waals surface area (Å²) in [6.07, 6.45) is 12.1. The molecule has 1 atom stereocenters. The molecule has 0 spiro atoms. The zero-order valence-corrected chi connectivity index (χ0v) is 21.9. The smallest absolute Gasteiger partial charge is 0.181 e. The molecule has 0 N–H and O–H groups in total. The fourth-order valence-electron chi connectivity index (χ4n) is 4.94. The minimum atomic E-state index is 0.342. The van der Waals surface area contributed by atoms with E-state index in [0.29, 0.717) is 6.04 Å². The Bertz CT molecular complexity index is 1230. The molecule has 2 aliphatic heterocycles. The number of hydrogen-bond acceptors (Lipinski definition) is 6. The van der Waals surface area contributed by atoms with Crippen LogP contribution in [0.2, 0.25) is 0 Å². The molecule has 5 rings (SSSR count). The Labute approximate surface area is 206 Å².